The molecule has 6 nitrogen and oxygen atoms in total. The van der Waals surface area contributed by atoms with Gasteiger partial charge in [-0.2, -0.15) is 0 Å². The Hall–Kier alpha value is -2.09. The summed E-state index contributed by atoms with van der Waals surface area (Å²) in [5, 5.41) is 2.90. The molecule has 2 rings (SSSR count). The minimum atomic E-state index is -3.76. The molecule has 1 atom stereocenters. The monoisotopic (exact) mass is 396 g/mol. The molecule has 0 saturated carbocycles. The van der Waals surface area contributed by atoms with Gasteiger partial charge in [-0.25, -0.2) is 13.1 Å². The molecule has 0 aliphatic heterocycles. The number of ether oxygens (including phenoxy) is 1. The van der Waals surface area contributed by atoms with Gasteiger partial charge in [0.1, 0.15) is 10.6 Å². The minimum absolute atomic E-state index is 0.0456. The van der Waals surface area contributed by atoms with E-state index in [9.17, 15) is 13.2 Å². The van der Waals surface area contributed by atoms with Crippen LogP contribution < -0.4 is 14.8 Å². The van der Waals surface area contributed by atoms with Crippen molar-refractivity contribution in [3.05, 3.63) is 58.1 Å². The smallest absolute Gasteiger partial charge is 0.251 e. The number of hydrogen-bond donors (Lipinski definition) is 2. The highest BCUT2D eigenvalue weighted by Gasteiger charge is 2.20. The number of sulfonamides is 1. The van der Waals surface area contributed by atoms with E-state index in [0.29, 0.717) is 5.75 Å². The lowest BCUT2D eigenvalue weighted by atomic mass is 10.0. The Morgan fingerprint density at radius 3 is 2.50 bits per heavy atom. The quantitative estimate of drug-likeness (QED) is 0.785. The Morgan fingerprint density at radius 2 is 1.88 bits per heavy atom. The van der Waals surface area contributed by atoms with Crippen molar-refractivity contribution in [2.45, 2.75) is 24.8 Å². The Morgan fingerprint density at radius 1 is 1.19 bits per heavy atom. The lowest BCUT2D eigenvalue weighted by molar-refractivity contribution is 0.0939. The van der Waals surface area contributed by atoms with Crippen LogP contribution in [0.5, 0.6) is 5.75 Å². The molecule has 0 heterocycles. The first-order chi connectivity index (χ1) is 12.2. The van der Waals surface area contributed by atoms with Crippen LogP contribution in [0.2, 0.25) is 5.02 Å². The van der Waals surface area contributed by atoms with Crippen LogP contribution in [0.3, 0.4) is 0 Å². The molecule has 0 spiro atoms. The van der Waals surface area contributed by atoms with Crippen LogP contribution in [0.4, 0.5) is 0 Å². The molecule has 8 heteroatoms. The molecule has 2 N–H and O–H groups in total. The number of aryl methyl sites for hydroxylation is 1. The molecule has 0 unspecified atom stereocenters. The van der Waals surface area contributed by atoms with Gasteiger partial charge in [0.25, 0.3) is 5.91 Å². The third-order valence-corrected chi connectivity index (χ3v) is 5.85. The van der Waals surface area contributed by atoms with E-state index in [-0.39, 0.29) is 21.5 Å². The van der Waals surface area contributed by atoms with Crippen molar-refractivity contribution < 1.29 is 17.9 Å². The number of benzene rings is 2. The highest BCUT2D eigenvalue weighted by molar-refractivity contribution is 7.89. The molecular weight excluding hydrogens is 376 g/mol. The second kappa shape index (κ2) is 8.07. The van der Waals surface area contributed by atoms with Gasteiger partial charge in [0, 0.05) is 11.1 Å². The number of methoxy groups -OCH3 is 1. The van der Waals surface area contributed by atoms with Crippen molar-refractivity contribution in [3.63, 3.8) is 0 Å². The van der Waals surface area contributed by atoms with Gasteiger partial charge in [0.15, 0.2) is 0 Å². The second-order valence-corrected chi connectivity index (χ2v) is 8.06. The standard InChI is InChI=1S/C18H21ClN2O4S/c1-11-5-8-16(25-4)14(9-11)12(2)21-18(22)13-6-7-15(19)17(10-13)26(23,24)20-3/h5-10,12,20H,1-4H3,(H,21,22)/t12-/m0/s1. The van der Waals surface area contributed by atoms with Crippen LogP contribution in [0.15, 0.2) is 41.3 Å². The third-order valence-electron chi connectivity index (χ3n) is 3.95. The molecular formula is C18H21ClN2O4S. The summed E-state index contributed by atoms with van der Waals surface area (Å²) in [5.41, 5.74) is 2.07. The summed E-state index contributed by atoms with van der Waals surface area (Å²) in [6.07, 6.45) is 0. The Kier molecular flexibility index (Phi) is 6.28. The molecule has 26 heavy (non-hydrogen) atoms. The maximum absolute atomic E-state index is 12.6. The summed E-state index contributed by atoms with van der Waals surface area (Å²) >= 11 is 5.96. The summed E-state index contributed by atoms with van der Waals surface area (Å²) in [6.45, 7) is 3.78. The summed E-state index contributed by atoms with van der Waals surface area (Å²) in [4.78, 5) is 12.4. The van der Waals surface area contributed by atoms with E-state index in [1.165, 1.54) is 25.2 Å². The second-order valence-electron chi connectivity index (χ2n) is 5.79. The molecule has 140 valence electrons. The number of hydrogen-bond acceptors (Lipinski definition) is 4. The van der Waals surface area contributed by atoms with E-state index >= 15 is 0 Å². The highest BCUT2D eigenvalue weighted by Crippen LogP contribution is 2.27. The molecule has 2 aromatic carbocycles. The summed E-state index contributed by atoms with van der Waals surface area (Å²) in [7, 11) is -0.915. The molecule has 0 radical (unpaired) electrons. The fourth-order valence-corrected chi connectivity index (χ4v) is 3.76. The first-order valence-corrected chi connectivity index (χ1v) is 9.74. The molecule has 0 aliphatic carbocycles. The van der Waals surface area contributed by atoms with Gasteiger partial charge in [-0.1, -0.05) is 29.3 Å². The van der Waals surface area contributed by atoms with Crippen molar-refractivity contribution >= 4 is 27.5 Å². The van der Waals surface area contributed by atoms with Crippen LogP contribution in [0.1, 0.15) is 34.5 Å². The molecule has 2 aromatic rings. The number of halogens is 1. The SMILES string of the molecule is CNS(=O)(=O)c1cc(C(=O)N[C@@H](C)c2cc(C)ccc2OC)ccc1Cl. The number of carbonyl (C=O) groups is 1. The highest BCUT2D eigenvalue weighted by atomic mass is 35.5. The maximum Gasteiger partial charge on any atom is 0.251 e. The van der Waals surface area contributed by atoms with E-state index in [4.69, 9.17) is 16.3 Å². The Balaban J connectivity index is 2.31. The van der Waals surface area contributed by atoms with Gasteiger partial charge in [0.2, 0.25) is 10.0 Å². The fourth-order valence-electron chi connectivity index (χ4n) is 2.51. The van der Waals surface area contributed by atoms with Crippen molar-refractivity contribution in [2.75, 3.05) is 14.2 Å². The Labute approximate surface area is 158 Å². The average molecular weight is 397 g/mol. The zero-order valence-electron chi connectivity index (χ0n) is 15.0. The van der Waals surface area contributed by atoms with Crippen LogP contribution in [0, 0.1) is 6.92 Å². The molecule has 0 aromatic heterocycles. The van der Waals surface area contributed by atoms with E-state index in [1.54, 1.807) is 7.11 Å². The number of carbonyl (C=O) groups excluding carboxylic acids is 1. The van der Waals surface area contributed by atoms with Crippen molar-refractivity contribution in [1.82, 2.24) is 10.0 Å². The van der Waals surface area contributed by atoms with Gasteiger partial charge in [0.05, 0.1) is 18.2 Å². The van der Waals surface area contributed by atoms with E-state index < -0.39 is 15.9 Å². The predicted molar refractivity (Wildman–Crippen MR) is 101 cm³/mol. The van der Waals surface area contributed by atoms with Crippen LogP contribution in [0.25, 0.3) is 0 Å². The first-order valence-electron chi connectivity index (χ1n) is 7.88. The Bertz CT molecular complexity index is 929. The topological polar surface area (TPSA) is 84.5 Å². The largest absolute Gasteiger partial charge is 0.496 e. The van der Waals surface area contributed by atoms with Crippen LogP contribution in [-0.2, 0) is 10.0 Å². The van der Waals surface area contributed by atoms with Crippen molar-refractivity contribution in [1.29, 1.82) is 0 Å². The zero-order valence-corrected chi connectivity index (χ0v) is 16.5. The predicted octanol–water partition coefficient (Wildman–Crippen LogP) is 3.06. The lowest BCUT2D eigenvalue weighted by Crippen LogP contribution is -2.27. The zero-order chi connectivity index (χ0) is 19.5. The van der Waals surface area contributed by atoms with E-state index in [2.05, 4.69) is 10.0 Å². The van der Waals surface area contributed by atoms with Gasteiger partial charge >= 0.3 is 0 Å². The maximum atomic E-state index is 12.6. The first kappa shape index (κ1) is 20.2. The third kappa shape index (κ3) is 4.35. The molecule has 0 aliphatic rings. The fraction of sp³-hybridized carbons (Fsp3) is 0.278. The number of amides is 1. The lowest BCUT2D eigenvalue weighted by Gasteiger charge is -2.18. The summed E-state index contributed by atoms with van der Waals surface area (Å²) < 4.78 is 31.6. The molecule has 0 saturated heterocycles. The molecule has 1 amide bonds. The average Bonchev–Trinajstić information content (AvgIpc) is 2.61. The van der Waals surface area contributed by atoms with Gasteiger partial charge < -0.3 is 10.1 Å². The summed E-state index contributed by atoms with van der Waals surface area (Å²) in [6, 6.07) is 9.48. The summed E-state index contributed by atoms with van der Waals surface area (Å²) in [5.74, 6) is 0.253. The van der Waals surface area contributed by atoms with Gasteiger partial charge in [-0.3, -0.25) is 4.79 Å². The molecule has 0 fully saturated rings. The number of nitrogens with one attached hydrogen (secondary N) is 2. The van der Waals surface area contributed by atoms with E-state index in [1.807, 2.05) is 32.0 Å². The molecule has 0 bridgehead atoms. The van der Waals surface area contributed by atoms with Gasteiger partial charge in [-0.15, -0.1) is 0 Å². The van der Waals surface area contributed by atoms with Gasteiger partial charge in [-0.05, 0) is 45.2 Å². The normalized spacial score (nSPS) is 12.5. The van der Waals surface area contributed by atoms with Crippen LogP contribution in [-0.4, -0.2) is 28.5 Å². The van der Waals surface area contributed by atoms with Crippen LogP contribution >= 0.6 is 11.6 Å². The van der Waals surface area contributed by atoms with Crippen molar-refractivity contribution in [3.8, 4) is 5.75 Å². The number of rotatable bonds is 6. The minimum Gasteiger partial charge on any atom is -0.496 e. The van der Waals surface area contributed by atoms with Crippen molar-refractivity contribution in [2.24, 2.45) is 0 Å². The van der Waals surface area contributed by atoms with E-state index in [0.717, 1.165) is 11.1 Å².